The molecule has 0 aromatic rings. The summed E-state index contributed by atoms with van der Waals surface area (Å²) in [6.07, 6.45) is -0.171. The van der Waals surface area contributed by atoms with Crippen LogP contribution in [0.2, 0.25) is 0 Å². The molecule has 1 aliphatic heterocycles. The van der Waals surface area contributed by atoms with Crippen molar-refractivity contribution in [2.24, 2.45) is 5.73 Å². The Balaban J connectivity index is 2.33. The Bertz CT molecular complexity index is 103. The second-order valence-corrected chi connectivity index (χ2v) is 2.01. The molecular formula is C5H9NO2. The molecule has 0 radical (unpaired) electrons. The maximum Gasteiger partial charge on any atom is 0.180 e. The topological polar surface area (TPSA) is 55.6 Å². The Labute approximate surface area is 47.8 Å². The fourth-order valence-electron chi connectivity index (χ4n) is 0.506. The number of rotatable bonds is 2. The normalized spacial score (nSPS) is 29.5. The Morgan fingerprint density at radius 1 is 2.00 bits per heavy atom. The first-order valence-corrected chi connectivity index (χ1v) is 2.62. The number of epoxide rings is 1. The minimum Gasteiger partial charge on any atom is -0.365 e. The Morgan fingerprint density at radius 3 is 2.62 bits per heavy atom. The Hall–Kier alpha value is -0.410. The van der Waals surface area contributed by atoms with Crippen molar-refractivity contribution in [2.45, 2.75) is 19.1 Å². The molecule has 0 saturated carbocycles. The number of nitrogens with two attached hydrogens (primary N) is 1. The largest absolute Gasteiger partial charge is 0.365 e. The molecule has 0 spiro atoms. The molecule has 8 heavy (non-hydrogen) atoms. The van der Waals surface area contributed by atoms with E-state index in [2.05, 4.69) is 0 Å². The van der Waals surface area contributed by atoms with Crippen LogP contribution in [-0.2, 0) is 9.53 Å². The molecule has 2 atom stereocenters. The number of carbonyl (C=O) groups is 1. The van der Waals surface area contributed by atoms with Crippen LogP contribution < -0.4 is 5.73 Å². The molecule has 0 aromatic heterocycles. The predicted octanol–water partition coefficient (Wildman–Crippen LogP) is -0.699. The van der Waals surface area contributed by atoms with Crippen LogP contribution in [0.4, 0.5) is 0 Å². The van der Waals surface area contributed by atoms with E-state index in [0.717, 1.165) is 0 Å². The van der Waals surface area contributed by atoms with Gasteiger partial charge in [0.1, 0.15) is 6.10 Å². The van der Waals surface area contributed by atoms with Gasteiger partial charge in [-0.1, -0.05) is 0 Å². The maximum atomic E-state index is 10.7. The molecule has 0 aromatic carbocycles. The molecule has 2 N–H and O–H groups in total. The highest BCUT2D eigenvalue weighted by Gasteiger charge is 2.32. The first-order chi connectivity index (χ1) is 3.72. The van der Waals surface area contributed by atoms with E-state index in [4.69, 9.17) is 10.5 Å². The van der Waals surface area contributed by atoms with E-state index in [1.165, 1.54) is 0 Å². The van der Waals surface area contributed by atoms with Crippen LogP contribution in [-0.4, -0.2) is 24.5 Å². The second-order valence-electron chi connectivity index (χ2n) is 2.01. The van der Waals surface area contributed by atoms with Gasteiger partial charge >= 0.3 is 0 Å². The van der Waals surface area contributed by atoms with E-state index < -0.39 is 0 Å². The number of carbonyl (C=O) groups excluding carboxylic acids is 1. The molecule has 1 unspecified atom stereocenters. The van der Waals surface area contributed by atoms with Gasteiger partial charge in [-0.2, -0.15) is 0 Å². The fourth-order valence-corrected chi connectivity index (χ4v) is 0.506. The molecule has 0 amide bonds. The van der Waals surface area contributed by atoms with Crippen molar-refractivity contribution in [3.8, 4) is 0 Å². The van der Waals surface area contributed by atoms with E-state index in [-0.39, 0.29) is 17.9 Å². The molecule has 3 heteroatoms. The van der Waals surface area contributed by atoms with E-state index in [0.29, 0.717) is 6.61 Å². The number of hydrogen-bond donors (Lipinski definition) is 1. The molecule has 46 valence electrons. The molecule has 1 saturated heterocycles. The highest BCUT2D eigenvalue weighted by atomic mass is 16.6. The van der Waals surface area contributed by atoms with Gasteiger partial charge in [-0.15, -0.1) is 0 Å². The Kier molecular flexibility index (Phi) is 1.31. The van der Waals surface area contributed by atoms with Crippen LogP contribution in [0, 0.1) is 0 Å². The van der Waals surface area contributed by atoms with Gasteiger partial charge in [-0.25, -0.2) is 0 Å². The molecule has 1 rings (SSSR count). The van der Waals surface area contributed by atoms with Gasteiger partial charge in [0, 0.05) is 0 Å². The first kappa shape index (κ1) is 5.72. The van der Waals surface area contributed by atoms with E-state index >= 15 is 0 Å². The minimum atomic E-state index is -0.359. The van der Waals surface area contributed by atoms with Crippen molar-refractivity contribution in [3.05, 3.63) is 0 Å². The number of Topliss-reactive ketones (excluding diaryl/α,β-unsaturated/α-hetero) is 1. The summed E-state index contributed by atoms with van der Waals surface area (Å²) in [6, 6.07) is -0.359. The summed E-state index contributed by atoms with van der Waals surface area (Å²) < 4.78 is 4.70. The minimum absolute atomic E-state index is 0.0185. The lowest BCUT2D eigenvalue weighted by atomic mass is 10.2. The zero-order valence-electron chi connectivity index (χ0n) is 4.76. The Morgan fingerprint density at radius 2 is 2.50 bits per heavy atom. The van der Waals surface area contributed by atoms with Gasteiger partial charge in [0.05, 0.1) is 12.6 Å². The van der Waals surface area contributed by atoms with Gasteiger partial charge in [0.25, 0.3) is 0 Å². The second kappa shape index (κ2) is 1.84. The number of ketones is 1. The summed E-state index contributed by atoms with van der Waals surface area (Å²) in [5.74, 6) is 0.0185. The standard InChI is InChI=1S/C5H9NO2/c1-3(6)5(7)4-2-8-4/h3-4H,2,6H2,1H3/t3-,4?/m0/s1. The smallest absolute Gasteiger partial charge is 0.180 e. The van der Waals surface area contributed by atoms with Gasteiger partial charge in [-0.05, 0) is 6.92 Å². The molecule has 1 aliphatic rings. The summed E-state index contributed by atoms with van der Waals surface area (Å²) in [7, 11) is 0. The van der Waals surface area contributed by atoms with Gasteiger partial charge in [0.2, 0.25) is 0 Å². The lowest BCUT2D eigenvalue weighted by Gasteiger charge is -1.96. The summed E-state index contributed by atoms with van der Waals surface area (Å²) in [4.78, 5) is 10.7. The number of hydrogen-bond acceptors (Lipinski definition) is 3. The van der Waals surface area contributed by atoms with Crippen molar-refractivity contribution in [1.29, 1.82) is 0 Å². The van der Waals surface area contributed by atoms with Crippen molar-refractivity contribution >= 4 is 5.78 Å². The van der Waals surface area contributed by atoms with Crippen molar-refractivity contribution in [3.63, 3.8) is 0 Å². The lowest BCUT2D eigenvalue weighted by molar-refractivity contribution is -0.121. The van der Waals surface area contributed by atoms with Crippen molar-refractivity contribution < 1.29 is 9.53 Å². The van der Waals surface area contributed by atoms with Gasteiger partial charge in [0.15, 0.2) is 5.78 Å². The monoisotopic (exact) mass is 115 g/mol. The van der Waals surface area contributed by atoms with Crippen molar-refractivity contribution in [2.75, 3.05) is 6.61 Å². The molecular weight excluding hydrogens is 106 g/mol. The molecule has 1 heterocycles. The van der Waals surface area contributed by atoms with Gasteiger partial charge in [-0.3, -0.25) is 4.79 Å². The van der Waals surface area contributed by atoms with E-state index in [1.54, 1.807) is 6.92 Å². The van der Waals surface area contributed by atoms with Crippen LogP contribution in [0.15, 0.2) is 0 Å². The third-order valence-electron chi connectivity index (χ3n) is 1.10. The van der Waals surface area contributed by atoms with Crippen LogP contribution >= 0.6 is 0 Å². The summed E-state index contributed by atoms with van der Waals surface area (Å²) in [5.41, 5.74) is 5.25. The van der Waals surface area contributed by atoms with Crippen LogP contribution in [0.3, 0.4) is 0 Å². The molecule has 0 bridgehead atoms. The van der Waals surface area contributed by atoms with Crippen LogP contribution in [0.1, 0.15) is 6.92 Å². The van der Waals surface area contributed by atoms with Gasteiger partial charge < -0.3 is 10.5 Å². The highest BCUT2D eigenvalue weighted by Crippen LogP contribution is 2.10. The van der Waals surface area contributed by atoms with Crippen LogP contribution in [0.25, 0.3) is 0 Å². The zero-order chi connectivity index (χ0) is 6.15. The lowest BCUT2D eigenvalue weighted by Crippen LogP contribution is -2.30. The maximum absolute atomic E-state index is 10.7. The third-order valence-corrected chi connectivity index (χ3v) is 1.10. The predicted molar refractivity (Wildman–Crippen MR) is 28.4 cm³/mol. The highest BCUT2D eigenvalue weighted by molar-refractivity contribution is 5.89. The third kappa shape index (κ3) is 1.05. The SMILES string of the molecule is C[C@H](N)C(=O)C1CO1. The summed E-state index contributed by atoms with van der Waals surface area (Å²) >= 11 is 0. The molecule has 3 nitrogen and oxygen atoms in total. The van der Waals surface area contributed by atoms with E-state index in [9.17, 15) is 4.79 Å². The average Bonchev–Trinajstić information content (AvgIpc) is 2.43. The number of ether oxygens (including phenoxy) is 1. The van der Waals surface area contributed by atoms with Crippen LogP contribution in [0.5, 0.6) is 0 Å². The molecule has 1 fully saturated rings. The first-order valence-electron chi connectivity index (χ1n) is 2.62. The summed E-state index contributed by atoms with van der Waals surface area (Å²) in [5, 5.41) is 0. The quantitative estimate of drug-likeness (QED) is 0.484. The van der Waals surface area contributed by atoms with E-state index in [1.807, 2.05) is 0 Å². The fraction of sp³-hybridized carbons (Fsp3) is 0.800. The zero-order valence-corrected chi connectivity index (χ0v) is 4.76. The average molecular weight is 115 g/mol. The van der Waals surface area contributed by atoms with Crippen molar-refractivity contribution in [1.82, 2.24) is 0 Å². The summed E-state index contributed by atoms with van der Waals surface area (Å²) in [6.45, 7) is 2.24. The molecule has 0 aliphatic carbocycles.